The molecule has 2 aromatic rings. The van der Waals surface area contributed by atoms with Gasteiger partial charge in [-0.3, -0.25) is 4.79 Å². The monoisotopic (exact) mass is 386 g/mol. The van der Waals surface area contributed by atoms with Crippen LogP contribution in [0.1, 0.15) is 21.6 Å². The highest BCUT2D eigenvalue weighted by Gasteiger charge is 2.19. The van der Waals surface area contributed by atoms with Crippen molar-refractivity contribution in [1.29, 1.82) is 0 Å². The number of nitrogens with zero attached hydrogens (tertiary/aromatic N) is 1. The van der Waals surface area contributed by atoms with Crippen molar-refractivity contribution < 1.29 is 14.3 Å². The number of benzene rings is 1. The van der Waals surface area contributed by atoms with Gasteiger partial charge in [0.2, 0.25) is 0 Å². The summed E-state index contributed by atoms with van der Waals surface area (Å²) in [4.78, 5) is 27.5. The Labute approximate surface area is 153 Å². The molecule has 1 N–H and O–H groups in total. The van der Waals surface area contributed by atoms with Crippen molar-refractivity contribution in [1.82, 2.24) is 10.3 Å². The fourth-order valence-electron chi connectivity index (χ4n) is 1.84. The van der Waals surface area contributed by atoms with Crippen LogP contribution in [0.25, 0.3) is 0 Å². The third-order valence-corrected chi connectivity index (χ3v) is 4.42. The Bertz CT molecular complexity index is 781. The molecule has 1 aromatic heterocycles. The second-order valence-electron chi connectivity index (χ2n) is 4.86. The van der Waals surface area contributed by atoms with Crippen LogP contribution in [0.15, 0.2) is 30.5 Å². The molecule has 0 unspecified atom stereocenters. The van der Waals surface area contributed by atoms with E-state index in [0.29, 0.717) is 6.54 Å². The molecule has 0 saturated carbocycles. The molecule has 0 fully saturated rings. The number of aryl methyl sites for hydroxylation is 1. The molecular weight excluding hydrogens is 375 g/mol. The van der Waals surface area contributed by atoms with Gasteiger partial charge in [0.15, 0.2) is 12.3 Å². The maximum Gasteiger partial charge on any atom is 0.359 e. The molecule has 8 heteroatoms. The van der Waals surface area contributed by atoms with Gasteiger partial charge in [0.25, 0.3) is 5.91 Å². The largest absolute Gasteiger partial charge is 0.451 e. The average molecular weight is 388 g/mol. The predicted octanol–water partition coefficient (Wildman–Crippen LogP) is 3.82. The fraction of sp³-hybridized carbons (Fsp3) is 0.188. The normalized spacial score (nSPS) is 10.3. The van der Waals surface area contributed by atoms with Crippen LogP contribution in [0.4, 0.5) is 0 Å². The van der Waals surface area contributed by atoms with Gasteiger partial charge in [-0.05, 0) is 18.1 Å². The highest BCUT2D eigenvalue weighted by atomic mass is 35.5. The quantitative estimate of drug-likeness (QED) is 0.792. The number of esters is 1. The summed E-state index contributed by atoms with van der Waals surface area (Å²) in [5.41, 5.74) is 1.84. The van der Waals surface area contributed by atoms with Crippen molar-refractivity contribution >= 4 is 46.7 Å². The Kier molecular flexibility index (Phi) is 6.43. The van der Waals surface area contributed by atoms with Crippen molar-refractivity contribution in [3.05, 3.63) is 62.4 Å². The van der Waals surface area contributed by atoms with Crippen molar-refractivity contribution in [2.75, 3.05) is 6.61 Å². The summed E-state index contributed by atoms with van der Waals surface area (Å²) in [5.74, 6) is -1.30. The van der Waals surface area contributed by atoms with Gasteiger partial charge in [0.05, 0.1) is 15.1 Å². The van der Waals surface area contributed by atoms with Gasteiger partial charge in [-0.1, -0.05) is 59.1 Å². The number of carbonyl (C=O) groups excluding carboxylic acids is 2. The summed E-state index contributed by atoms with van der Waals surface area (Å²) in [6.07, 6.45) is 1.19. The summed E-state index contributed by atoms with van der Waals surface area (Å²) in [5, 5.41) is 2.67. The molecule has 1 heterocycles. The standard InChI is InChI=1S/C16H13Cl3N2O3/c1-9-4-2-3-5-10(9)6-20-12(22)8-24-16(23)15-14(19)13(18)11(17)7-21-15/h2-5,7H,6,8H2,1H3,(H,20,22). The van der Waals surface area contributed by atoms with Crippen molar-refractivity contribution in [3.63, 3.8) is 0 Å². The SMILES string of the molecule is Cc1ccccc1CNC(=O)COC(=O)c1ncc(Cl)c(Cl)c1Cl. The van der Waals surface area contributed by atoms with Crippen LogP contribution in [0.3, 0.4) is 0 Å². The zero-order valence-electron chi connectivity index (χ0n) is 12.6. The molecule has 0 bridgehead atoms. The average Bonchev–Trinajstić information content (AvgIpc) is 2.57. The zero-order valence-corrected chi connectivity index (χ0v) is 14.9. The molecule has 0 aliphatic carbocycles. The first kappa shape index (κ1) is 18.5. The number of ether oxygens (including phenoxy) is 1. The number of hydrogen-bond donors (Lipinski definition) is 1. The van der Waals surface area contributed by atoms with E-state index < -0.39 is 18.5 Å². The van der Waals surface area contributed by atoms with E-state index in [1.165, 1.54) is 6.20 Å². The maximum absolute atomic E-state index is 11.9. The van der Waals surface area contributed by atoms with Crippen LogP contribution < -0.4 is 5.32 Å². The molecule has 0 aliphatic rings. The lowest BCUT2D eigenvalue weighted by atomic mass is 10.1. The van der Waals surface area contributed by atoms with Gasteiger partial charge >= 0.3 is 5.97 Å². The first-order chi connectivity index (χ1) is 11.4. The topological polar surface area (TPSA) is 68.3 Å². The summed E-state index contributed by atoms with van der Waals surface area (Å²) in [6.45, 7) is 1.83. The number of aromatic nitrogens is 1. The lowest BCUT2D eigenvalue weighted by Crippen LogP contribution is -2.28. The summed E-state index contributed by atoms with van der Waals surface area (Å²) >= 11 is 17.5. The van der Waals surface area contributed by atoms with Crippen LogP contribution in [-0.2, 0) is 16.1 Å². The Hall–Kier alpha value is -1.82. The number of nitrogens with one attached hydrogen (secondary N) is 1. The Morgan fingerprint density at radius 2 is 1.88 bits per heavy atom. The highest BCUT2D eigenvalue weighted by molar-refractivity contribution is 6.48. The number of halogens is 3. The van der Waals surface area contributed by atoms with E-state index in [2.05, 4.69) is 10.3 Å². The lowest BCUT2D eigenvalue weighted by molar-refractivity contribution is -0.124. The van der Waals surface area contributed by atoms with Gasteiger partial charge in [0, 0.05) is 12.7 Å². The van der Waals surface area contributed by atoms with Gasteiger partial charge < -0.3 is 10.1 Å². The third kappa shape index (κ3) is 4.60. The Morgan fingerprint density at radius 3 is 2.58 bits per heavy atom. The maximum atomic E-state index is 11.9. The molecular formula is C16H13Cl3N2O3. The minimum absolute atomic E-state index is 0.00397. The van der Waals surface area contributed by atoms with E-state index in [-0.39, 0.29) is 20.8 Å². The number of hydrogen-bond acceptors (Lipinski definition) is 4. The summed E-state index contributed by atoms with van der Waals surface area (Å²) < 4.78 is 4.88. The molecule has 1 amide bonds. The van der Waals surface area contributed by atoms with E-state index in [9.17, 15) is 9.59 Å². The van der Waals surface area contributed by atoms with Crippen molar-refractivity contribution in [3.8, 4) is 0 Å². The molecule has 0 atom stereocenters. The molecule has 126 valence electrons. The van der Waals surface area contributed by atoms with E-state index in [4.69, 9.17) is 39.5 Å². The van der Waals surface area contributed by atoms with Crippen LogP contribution in [0.2, 0.25) is 15.1 Å². The van der Waals surface area contributed by atoms with Crippen LogP contribution >= 0.6 is 34.8 Å². The van der Waals surface area contributed by atoms with E-state index in [1.807, 2.05) is 31.2 Å². The summed E-state index contributed by atoms with van der Waals surface area (Å²) in [6, 6.07) is 7.64. The van der Waals surface area contributed by atoms with E-state index >= 15 is 0 Å². The molecule has 0 radical (unpaired) electrons. The summed E-state index contributed by atoms with van der Waals surface area (Å²) in [7, 11) is 0. The number of carbonyl (C=O) groups is 2. The minimum Gasteiger partial charge on any atom is -0.451 e. The second kappa shape index (κ2) is 8.33. The number of amides is 1. The second-order valence-corrected chi connectivity index (χ2v) is 6.03. The van der Waals surface area contributed by atoms with Crippen LogP contribution in [0.5, 0.6) is 0 Å². The highest BCUT2D eigenvalue weighted by Crippen LogP contribution is 2.31. The number of pyridine rings is 1. The van der Waals surface area contributed by atoms with Crippen molar-refractivity contribution in [2.45, 2.75) is 13.5 Å². The van der Waals surface area contributed by atoms with Gasteiger partial charge in [0.1, 0.15) is 0 Å². The lowest BCUT2D eigenvalue weighted by Gasteiger charge is -2.09. The first-order valence-electron chi connectivity index (χ1n) is 6.88. The third-order valence-electron chi connectivity index (χ3n) is 3.18. The zero-order chi connectivity index (χ0) is 17.7. The molecule has 24 heavy (non-hydrogen) atoms. The molecule has 0 aliphatic heterocycles. The fourth-order valence-corrected chi connectivity index (χ4v) is 2.40. The van der Waals surface area contributed by atoms with E-state index in [1.54, 1.807) is 0 Å². The van der Waals surface area contributed by atoms with Gasteiger partial charge in [-0.25, -0.2) is 9.78 Å². The van der Waals surface area contributed by atoms with Crippen LogP contribution in [0, 0.1) is 6.92 Å². The Morgan fingerprint density at radius 1 is 1.17 bits per heavy atom. The molecule has 2 rings (SSSR count). The predicted molar refractivity (Wildman–Crippen MR) is 92.6 cm³/mol. The van der Waals surface area contributed by atoms with Crippen LogP contribution in [-0.4, -0.2) is 23.5 Å². The molecule has 0 spiro atoms. The van der Waals surface area contributed by atoms with Crippen molar-refractivity contribution in [2.24, 2.45) is 0 Å². The van der Waals surface area contributed by atoms with Gasteiger partial charge in [-0.15, -0.1) is 0 Å². The minimum atomic E-state index is -0.857. The Balaban J connectivity index is 1.89. The first-order valence-corrected chi connectivity index (χ1v) is 8.01. The number of rotatable bonds is 5. The van der Waals surface area contributed by atoms with Gasteiger partial charge in [-0.2, -0.15) is 0 Å². The molecule has 5 nitrogen and oxygen atoms in total. The van der Waals surface area contributed by atoms with E-state index in [0.717, 1.165) is 11.1 Å². The molecule has 0 saturated heterocycles. The smallest absolute Gasteiger partial charge is 0.359 e. The molecule has 1 aromatic carbocycles.